The lowest BCUT2D eigenvalue weighted by molar-refractivity contribution is -0.135. The van der Waals surface area contributed by atoms with Crippen LogP contribution in [-0.2, 0) is 19.1 Å². The van der Waals surface area contributed by atoms with Crippen LogP contribution in [0.5, 0.6) is 0 Å². The Kier molecular flexibility index (Phi) is 2.87. The minimum absolute atomic E-state index is 0.192. The number of nitrogens with zero attached hydrogens (tertiary/aromatic N) is 1. The van der Waals surface area contributed by atoms with Crippen molar-refractivity contribution in [3.8, 4) is 0 Å². The quantitative estimate of drug-likeness (QED) is 0.275. The Labute approximate surface area is 76.6 Å². The molecule has 0 aromatic carbocycles. The molecular weight excluding hydrogens is 174 g/mol. The van der Waals surface area contributed by atoms with Gasteiger partial charge in [-0.2, -0.15) is 0 Å². The van der Waals surface area contributed by atoms with Gasteiger partial charge in [-0.15, -0.1) is 0 Å². The topological polar surface area (TPSA) is 60.4 Å². The lowest BCUT2D eigenvalue weighted by Gasteiger charge is -2.07. The van der Waals surface area contributed by atoms with Gasteiger partial charge >= 0.3 is 5.97 Å². The maximum Gasteiger partial charge on any atom is 0.359 e. The van der Waals surface area contributed by atoms with Gasteiger partial charge < -0.3 is 14.3 Å². The van der Waals surface area contributed by atoms with Crippen molar-refractivity contribution in [2.24, 2.45) is 5.16 Å². The minimum atomic E-state index is -0.609. The second kappa shape index (κ2) is 3.74. The first-order chi connectivity index (χ1) is 6.14. The van der Waals surface area contributed by atoms with E-state index in [1.54, 1.807) is 13.8 Å². The highest BCUT2D eigenvalue weighted by Crippen LogP contribution is 2.28. The summed E-state index contributed by atoms with van der Waals surface area (Å²) in [6.07, 6.45) is 0. The lowest BCUT2D eigenvalue weighted by Crippen LogP contribution is -2.31. The van der Waals surface area contributed by atoms with Crippen LogP contribution in [0.4, 0.5) is 0 Å². The largest absolute Gasteiger partial charge is 0.461 e. The number of ether oxygens (including phenoxy) is 2. The predicted octanol–water partition coefficient (Wildman–Crippen LogP) is 0.341. The Morgan fingerprint density at radius 3 is 2.69 bits per heavy atom. The van der Waals surface area contributed by atoms with Crippen LogP contribution in [0.2, 0.25) is 0 Å². The van der Waals surface area contributed by atoms with Gasteiger partial charge in [-0.05, 0) is 13.8 Å². The summed E-state index contributed by atoms with van der Waals surface area (Å²) in [6, 6.07) is 0. The van der Waals surface area contributed by atoms with Crippen molar-refractivity contribution >= 4 is 11.7 Å². The highest BCUT2D eigenvalue weighted by atomic mass is 16.6. The Balaban J connectivity index is 2.68. The van der Waals surface area contributed by atoms with Crippen molar-refractivity contribution in [2.45, 2.75) is 19.4 Å². The number of hydrogen-bond acceptors (Lipinski definition) is 5. The van der Waals surface area contributed by atoms with E-state index in [-0.39, 0.29) is 5.71 Å². The van der Waals surface area contributed by atoms with Crippen LogP contribution in [-0.4, -0.2) is 37.6 Å². The first kappa shape index (κ1) is 9.98. The number of esters is 1. The van der Waals surface area contributed by atoms with E-state index in [1.165, 1.54) is 7.11 Å². The molecule has 5 heteroatoms. The Morgan fingerprint density at radius 2 is 2.31 bits per heavy atom. The van der Waals surface area contributed by atoms with E-state index < -0.39 is 11.6 Å². The summed E-state index contributed by atoms with van der Waals surface area (Å²) in [5.41, 5.74) is -0.417. The van der Waals surface area contributed by atoms with E-state index in [0.29, 0.717) is 13.2 Å². The van der Waals surface area contributed by atoms with E-state index in [4.69, 9.17) is 9.47 Å². The summed E-state index contributed by atoms with van der Waals surface area (Å²) in [7, 11) is 1.38. The molecule has 1 fully saturated rings. The van der Waals surface area contributed by atoms with Gasteiger partial charge in [0.05, 0.1) is 13.2 Å². The highest BCUT2D eigenvalue weighted by molar-refractivity contribution is 6.40. The molecule has 1 atom stereocenters. The molecule has 0 amide bonds. The normalized spacial score (nSPS) is 26.8. The highest BCUT2D eigenvalue weighted by Gasteiger charge is 2.49. The molecule has 0 bridgehead atoms. The molecule has 5 nitrogen and oxygen atoms in total. The van der Waals surface area contributed by atoms with Crippen LogP contribution in [0.15, 0.2) is 5.16 Å². The van der Waals surface area contributed by atoms with E-state index in [1.807, 2.05) is 0 Å². The van der Waals surface area contributed by atoms with Crippen molar-refractivity contribution in [3.05, 3.63) is 0 Å². The predicted molar refractivity (Wildman–Crippen MR) is 45.4 cm³/mol. The van der Waals surface area contributed by atoms with Crippen LogP contribution in [0.1, 0.15) is 13.8 Å². The number of hydrogen-bond donors (Lipinski definition) is 0. The molecule has 74 valence electrons. The van der Waals surface area contributed by atoms with Gasteiger partial charge in [-0.1, -0.05) is 5.16 Å². The van der Waals surface area contributed by atoms with Crippen molar-refractivity contribution in [1.82, 2.24) is 0 Å². The minimum Gasteiger partial charge on any atom is -0.461 e. The van der Waals surface area contributed by atoms with Gasteiger partial charge in [0, 0.05) is 0 Å². The monoisotopic (exact) mass is 187 g/mol. The number of oxime groups is 1. The van der Waals surface area contributed by atoms with Crippen LogP contribution < -0.4 is 0 Å². The molecule has 1 rings (SSSR count). The molecule has 1 heterocycles. The van der Waals surface area contributed by atoms with Gasteiger partial charge in [0.25, 0.3) is 0 Å². The zero-order chi connectivity index (χ0) is 9.90. The third kappa shape index (κ3) is 2.18. The van der Waals surface area contributed by atoms with Gasteiger partial charge in [0.15, 0.2) is 5.71 Å². The molecule has 0 aliphatic carbocycles. The van der Waals surface area contributed by atoms with Crippen molar-refractivity contribution in [3.63, 3.8) is 0 Å². The third-order valence-corrected chi connectivity index (χ3v) is 1.73. The standard InChI is InChI=1S/C8H13NO4/c1-4-12-7(10)6(9-11-3)8(2)5-13-8/h4-5H2,1-3H3/b9-6+. The molecule has 1 aliphatic rings. The Morgan fingerprint density at radius 1 is 1.69 bits per heavy atom. The SMILES string of the molecule is CCOC(=O)/C(=N\OC)C1(C)CO1. The van der Waals surface area contributed by atoms with Gasteiger partial charge in [-0.25, -0.2) is 4.79 Å². The second-order valence-electron chi connectivity index (χ2n) is 2.86. The van der Waals surface area contributed by atoms with E-state index >= 15 is 0 Å². The van der Waals surface area contributed by atoms with Crippen LogP contribution in [0.3, 0.4) is 0 Å². The molecule has 1 unspecified atom stereocenters. The summed E-state index contributed by atoms with van der Waals surface area (Å²) in [5.74, 6) is -0.482. The fourth-order valence-corrected chi connectivity index (χ4v) is 0.885. The molecule has 0 saturated carbocycles. The van der Waals surface area contributed by atoms with Gasteiger partial charge in [0.2, 0.25) is 0 Å². The lowest BCUT2D eigenvalue weighted by atomic mass is 10.1. The number of rotatable bonds is 4. The summed E-state index contributed by atoms with van der Waals surface area (Å²) in [6.45, 7) is 4.30. The number of epoxide rings is 1. The van der Waals surface area contributed by atoms with Crippen molar-refractivity contribution in [1.29, 1.82) is 0 Å². The molecule has 13 heavy (non-hydrogen) atoms. The van der Waals surface area contributed by atoms with E-state index in [0.717, 1.165) is 0 Å². The average Bonchev–Trinajstić information content (AvgIpc) is 2.81. The molecule has 1 aliphatic heterocycles. The molecule has 1 saturated heterocycles. The number of carbonyl (C=O) groups excluding carboxylic acids is 1. The molecule has 0 radical (unpaired) electrons. The van der Waals surface area contributed by atoms with Crippen LogP contribution in [0, 0.1) is 0 Å². The maximum atomic E-state index is 11.3. The fraction of sp³-hybridized carbons (Fsp3) is 0.750. The zero-order valence-corrected chi connectivity index (χ0v) is 7.99. The number of carbonyl (C=O) groups is 1. The third-order valence-electron chi connectivity index (χ3n) is 1.73. The molecule has 0 aromatic rings. The van der Waals surface area contributed by atoms with Crippen molar-refractivity contribution < 1.29 is 19.1 Å². The molecular formula is C8H13NO4. The molecule has 0 spiro atoms. The van der Waals surface area contributed by atoms with Gasteiger partial charge in [0.1, 0.15) is 12.7 Å². The summed E-state index contributed by atoms with van der Waals surface area (Å²) in [5, 5.41) is 3.59. The first-order valence-corrected chi connectivity index (χ1v) is 4.06. The summed E-state index contributed by atoms with van der Waals surface area (Å²) < 4.78 is 9.86. The van der Waals surface area contributed by atoms with E-state index in [9.17, 15) is 4.79 Å². The molecule has 0 aromatic heterocycles. The average molecular weight is 187 g/mol. The van der Waals surface area contributed by atoms with Crippen molar-refractivity contribution in [2.75, 3.05) is 20.3 Å². The first-order valence-electron chi connectivity index (χ1n) is 4.06. The second-order valence-corrected chi connectivity index (χ2v) is 2.86. The fourth-order valence-electron chi connectivity index (χ4n) is 0.885. The summed E-state index contributed by atoms with van der Waals surface area (Å²) >= 11 is 0. The summed E-state index contributed by atoms with van der Waals surface area (Å²) in [4.78, 5) is 15.9. The van der Waals surface area contributed by atoms with Gasteiger partial charge in [-0.3, -0.25) is 0 Å². The Hall–Kier alpha value is -1.10. The van der Waals surface area contributed by atoms with Crippen LogP contribution in [0.25, 0.3) is 0 Å². The van der Waals surface area contributed by atoms with Crippen LogP contribution >= 0.6 is 0 Å². The van der Waals surface area contributed by atoms with E-state index in [2.05, 4.69) is 9.99 Å². The maximum absolute atomic E-state index is 11.3. The Bertz CT molecular complexity index is 232. The molecule has 0 N–H and O–H groups in total. The smallest absolute Gasteiger partial charge is 0.359 e. The zero-order valence-electron chi connectivity index (χ0n) is 7.99.